The monoisotopic (exact) mass is 371 g/mol. The molecule has 8 heteroatoms. The summed E-state index contributed by atoms with van der Waals surface area (Å²) in [6.07, 6.45) is 0. The Kier molecular flexibility index (Phi) is 5.35. The van der Waals surface area contributed by atoms with Crippen molar-refractivity contribution in [2.75, 3.05) is 14.2 Å². The highest BCUT2D eigenvalue weighted by atomic mass is 19.1. The first-order chi connectivity index (χ1) is 13.0. The molecule has 1 N–H and O–H groups in total. The van der Waals surface area contributed by atoms with Crippen molar-refractivity contribution in [2.24, 2.45) is 0 Å². The molecule has 7 nitrogen and oxygen atoms in total. The molecule has 2 aromatic carbocycles. The maximum atomic E-state index is 13.3. The largest absolute Gasteiger partial charge is 0.493 e. The molecular formula is C19H18FN3O4. The van der Waals surface area contributed by atoms with Gasteiger partial charge in [0.25, 0.3) is 5.91 Å². The molecule has 1 atom stereocenters. The minimum atomic E-state index is -0.554. The Labute approximate surface area is 155 Å². The van der Waals surface area contributed by atoms with Crippen molar-refractivity contribution >= 4 is 5.91 Å². The lowest BCUT2D eigenvalue weighted by molar-refractivity contribution is 0.0932. The maximum Gasteiger partial charge on any atom is 0.252 e. The molecule has 1 aromatic heterocycles. The van der Waals surface area contributed by atoms with Crippen LogP contribution in [0.3, 0.4) is 0 Å². The molecular weight excluding hydrogens is 353 g/mol. The average molecular weight is 371 g/mol. The number of hydrogen-bond donors (Lipinski definition) is 1. The molecule has 0 aliphatic heterocycles. The third-order valence-electron chi connectivity index (χ3n) is 3.89. The molecule has 0 saturated heterocycles. The predicted molar refractivity (Wildman–Crippen MR) is 95.1 cm³/mol. The number of ether oxygens (including phenoxy) is 2. The van der Waals surface area contributed by atoms with Crippen LogP contribution in [0.5, 0.6) is 11.5 Å². The lowest BCUT2D eigenvalue weighted by Crippen LogP contribution is -2.26. The summed E-state index contributed by atoms with van der Waals surface area (Å²) in [7, 11) is 3.08. The summed E-state index contributed by atoms with van der Waals surface area (Å²) in [5, 5.41) is 6.64. The van der Waals surface area contributed by atoms with E-state index in [1.165, 1.54) is 25.3 Å². The molecule has 3 aromatic rings. The number of rotatable bonds is 6. The van der Waals surface area contributed by atoms with E-state index in [4.69, 9.17) is 14.0 Å². The first-order valence-corrected chi connectivity index (χ1v) is 8.14. The van der Waals surface area contributed by atoms with Gasteiger partial charge in [0.2, 0.25) is 11.7 Å². The van der Waals surface area contributed by atoms with Crippen molar-refractivity contribution in [3.05, 3.63) is 59.7 Å². The van der Waals surface area contributed by atoms with Crippen LogP contribution in [0.1, 0.15) is 29.2 Å². The smallest absolute Gasteiger partial charge is 0.252 e. The van der Waals surface area contributed by atoms with Gasteiger partial charge in [0, 0.05) is 11.1 Å². The summed E-state index contributed by atoms with van der Waals surface area (Å²) >= 11 is 0. The fourth-order valence-corrected chi connectivity index (χ4v) is 2.48. The molecule has 3 rings (SSSR count). The van der Waals surface area contributed by atoms with Gasteiger partial charge in [-0.3, -0.25) is 4.79 Å². The van der Waals surface area contributed by atoms with E-state index in [0.717, 1.165) is 6.07 Å². The van der Waals surface area contributed by atoms with Crippen LogP contribution < -0.4 is 14.8 Å². The van der Waals surface area contributed by atoms with Crippen molar-refractivity contribution in [2.45, 2.75) is 13.0 Å². The van der Waals surface area contributed by atoms with Gasteiger partial charge >= 0.3 is 0 Å². The molecule has 27 heavy (non-hydrogen) atoms. The number of hydrogen-bond acceptors (Lipinski definition) is 6. The number of carbonyl (C=O) groups is 1. The average Bonchev–Trinajstić information content (AvgIpc) is 3.17. The van der Waals surface area contributed by atoms with Gasteiger partial charge in [0.05, 0.1) is 14.2 Å². The maximum absolute atomic E-state index is 13.3. The van der Waals surface area contributed by atoms with Crippen LogP contribution in [0, 0.1) is 5.82 Å². The number of aromatic nitrogens is 2. The fraction of sp³-hybridized carbons (Fsp3) is 0.211. The summed E-state index contributed by atoms with van der Waals surface area (Å²) < 4.78 is 29.0. The molecule has 0 saturated carbocycles. The molecule has 0 aliphatic carbocycles. The number of carbonyl (C=O) groups excluding carboxylic acids is 1. The summed E-state index contributed by atoms with van der Waals surface area (Å²) in [6.45, 7) is 1.70. The first-order valence-electron chi connectivity index (χ1n) is 8.14. The molecule has 0 fully saturated rings. The SMILES string of the molecule is COc1ccc(-c2noc(C(C)NC(=O)c3cccc(F)c3)n2)cc1OC. The van der Waals surface area contributed by atoms with E-state index >= 15 is 0 Å². The molecule has 0 radical (unpaired) electrons. The van der Waals surface area contributed by atoms with E-state index in [-0.39, 0.29) is 11.5 Å². The van der Waals surface area contributed by atoms with Gasteiger partial charge < -0.3 is 19.3 Å². The van der Waals surface area contributed by atoms with E-state index in [0.29, 0.717) is 22.9 Å². The second kappa shape index (κ2) is 7.86. The number of benzene rings is 2. The standard InChI is InChI=1S/C19H18FN3O4/c1-11(21-18(24)13-5-4-6-14(20)9-13)19-22-17(23-27-19)12-7-8-15(25-2)16(10-12)26-3/h4-11H,1-3H3,(H,21,24). The normalized spacial score (nSPS) is 11.7. The summed E-state index contributed by atoms with van der Waals surface area (Å²) in [5.74, 6) is 0.772. The molecule has 140 valence electrons. The number of nitrogens with one attached hydrogen (secondary N) is 1. The Morgan fingerprint density at radius 3 is 2.63 bits per heavy atom. The molecule has 0 spiro atoms. The van der Waals surface area contributed by atoms with E-state index < -0.39 is 17.8 Å². The van der Waals surface area contributed by atoms with Crippen LogP contribution in [-0.2, 0) is 0 Å². The first kappa shape index (κ1) is 18.4. The van der Waals surface area contributed by atoms with E-state index in [9.17, 15) is 9.18 Å². The van der Waals surface area contributed by atoms with Gasteiger partial charge in [-0.25, -0.2) is 4.39 Å². The molecule has 1 heterocycles. The topological polar surface area (TPSA) is 86.5 Å². The highest BCUT2D eigenvalue weighted by molar-refractivity contribution is 5.94. The third kappa shape index (κ3) is 4.05. The minimum absolute atomic E-state index is 0.210. The van der Waals surface area contributed by atoms with Crippen LogP contribution in [-0.4, -0.2) is 30.3 Å². The van der Waals surface area contributed by atoms with Crippen molar-refractivity contribution in [1.82, 2.24) is 15.5 Å². The second-order valence-electron chi connectivity index (χ2n) is 5.73. The van der Waals surface area contributed by atoms with Crippen molar-refractivity contribution in [3.63, 3.8) is 0 Å². The van der Waals surface area contributed by atoms with Crippen LogP contribution in [0.2, 0.25) is 0 Å². The number of methoxy groups -OCH3 is 2. The van der Waals surface area contributed by atoms with Crippen LogP contribution in [0.4, 0.5) is 4.39 Å². The molecule has 0 aliphatic rings. The Morgan fingerprint density at radius 2 is 1.93 bits per heavy atom. The summed E-state index contributed by atoms with van der Waals surface area (Å²) in [4.78, 5) is 16.5. The highest BCUT2D eigenvalue weighted by Gasteiger charge is 2.19. The summed E-state index contributed by atoms with van der Waals surface area (Å²) in [5.41, 5.74) is 0.882. The Bertz CT molecular complexity index is 958. The van der Waals surface area contributed by atoms with Crippen LogP contribution >= 0.6 is 0 Å². The summed E-state index contributed by atoms with van der Waals surface area (Å²) in [6, 6.07) is 10.1. The Hall–Kier alpha value is -3.42. The van der Waals surface area contributed by atoms with Crippen molar-refractivity contribution in [1.29, 1.82) is 0 Å². The lowest BCUT2D eigenvalue weighted by Gasteiger charge is -2.09. The predicted octanol–water partition coefficient (Wildman–Crippen LogP) is 3.38. The Balaban J connectivity index is 1.76. The zero-order valence-corrected chi connectivity index (χ0v) is 15.0. The van der Waals surface area contributed by atoms with Gasteiger partial charge in [0.15, 0.2) is 11.5 Å². The van der Waals surface area contributed by atoms with Crippen LogP contribution in [0.15, 0.2) is 47.0 Å². The number of amides is 1. The third-order valence-corrected chi connectivity index (χ3v) is 3.89. The quantitative estimate of drug-likeness (QED) is 0.715. The number of halogens is 1. The van der Waals surface area contributed by atoms with Crippen molar-refractivity contribution in [3.8, 4) is 22.9 Å². The zero-order chi connectivity index (χ0) is 19.4. The van der Waals surface area contributed by atoms with E-state index in [2.05, 4.69) is 15.5 Å². The molecule has 1 unspecified atom stereocenters. The highest BCUT2D eigenvalue weighted by Crippen LogP contribution is 2.31. The molecule has 1 amide bonds. The molecule has 0 bridgehead atoms. The van der Waals surface area contributed by atoms with Gasteiger partial charge in [-0.05, 0) is 43.3 Å². The van der Waals surface area contributed by atoms with Gasteiger partial charge in [-0.2, -0.15) is 4.98 Å². The fourth-order valence-electron chi connectivity index (χ4n) is 2.48. The van der Waals surface area contributed by atoms with Gasteiger partial charge in [0.1, 0.15) is 11.9 Å². The van der Waals surface area contributed by atoms with E-state index in [1.807, 2.05) is 0 Å². The lowest BCUT2D eigenvalue weighted by atomic mass is 10.2. The van der Waals surface area contributed by atoms with Crippen LogP contribution in [0.25, 0.3) is 11.4 Å². The minimum Gasteiger partial charge on any atom is -0.493 e. The van der Waals surface area contributed by atoms with Gasteiger partial charge in [-0.1, -0.05) is 11.2 Å². The number of nitrogens with zero attached hydrogens (tertiary/aromatic N) is 2. The second-order valence-corrected chi connectivity index (χ2v) is 5.73. The Morgan fingerprint density at radius 1 is 1.15 bits per heavy atom. The van der Waals surface area contributed by atoms with E-state index in [1.54, 1.807) is 32.2 Å². The zero-order valence-electron chi connectivity index (χ0n) is 15.0. The van der Waals surface area contributed by atoms with Gasteiger partial charge in [-0.15, -0.1) is 0 Å². The van der Waals surface area contributed by atoms with Crippen molar-refractivity contribution < 1.29 is 23.2 Å².